The smallest absolute Gasteiger partial charge is 0.232 e. The van der Waals surface area contributed by atoms with Crippen molar-refractivity contribution >= 4 is 27.3 Å². The van der Waals surface area contributed by atoms with Gasteiger partial charge < -0.3 is 10.1 Å². The van der Waals surface area contributed by atoms with Gasteiger partial charge in [0.1, 0.15) is 5.75 Å². The molecule has 0 aromatic heterocycles. The van der Waals surface area contributed by atoms with E-state index in [9.17, 15) is 13.2 Å². The third-order valence-electron chi connectivity index (χ3n) is 4.31. The lowest BCUT2D eigenvalue weighted by molar-refractivity contribution is -0.116. The molecule has 0 atom stereocenters. The summed E-state index contributed by atoms with van der Waals surface area (Å²) in [5, 5.41) is 2.83. The molecule has 0 bridgehead atoms. The van der Waals surface area contributed by atoms with Gasteiger partial charge >= 0.3 is 0 Å². The average Bonchev–Trinajstić information content (AvgIpc) is 2.65. The lowest BCUT2D eigenvalue weighted by Gasteiger charge is -2.22. The molecule has 0 heterocycles. The summed E-state index contributed by atoms with van der Waals surface area (Å²) in [5.41, 5.74) is 2.44. The van der Waals surface area contributed by atoms with E-state index in [4.69, 9.17) is 4.74 Å². The molecule has 158 valence electrons. The van der Waals surface area contributed by atoms with Crippen molar-refractivity contribution in [2.24, 2.45) is 0 Å². The number of aryl methyl sites for hydroxylation is 1. The molecule has 0 saturated carbocycles. The number of rotatable bonds is 10. The van der Waals surface area contributed by atoms with Gasteiger partial charge in [-0.15, -0.1) is 0 Å². The van der Waals surface area contributed by atoms with Crippen molar-refractivity contribution < 1.29 is 17.9 Å². The first-order valence-electron chi connectivity index (χ1n) is 9.82. The maximum atomic E-state index is 12.2. The molecule has 0 aliphatic rings. The second kappa shape index (κ2) is 10.3. The third kappa shape index (κ3) is 7.42. The number of hydrogen-bond acceptors (Lipinski definition) is 4. The predicted molar refractivity (Wildman–Crippen MR) is 118 cm³/mol. The SMILES string of the molecule is CCc1ccc(N(CCCC(=O)Nc2ccc(OC(C)C)cc2)S(C)(=O)=O)cc1. The van der Waals surface area contributed by atoms with Crippen LogP contribution < -0.4 is 14.4 Å². The van der Waals surface area contributed by atoms with Crippen molar-refractivity contribution in [1.82, 2.24) is 0 Å². The molecule has 0 fully saturated rings. The molecule has 6 nitrogen and oxygen atoms in total. The zero-order valence-electron chi connectivity index (χ0n) is 17.5. The standard InChI is InChI=1S/C22H30N2O4S/c1-5-18-8-12-20(13-9-18)24(29(4,26)27)16-6-7-22(25)23-19-10-14-21(15-11-19)28-17(2)3/h8-15,17H,5-7,16H2,1-4H3,(H,23,25). The van der Waals surface area contributed by atoms with E-state index < -0.39 is 10.0 Å². The maximum Gasteiger partial charge on any atom is 0.232 e. The Labute approximate surface area is 173 Å². The fourth-order valence-corrected chi connectivity index (χ4v) is 3.85. The summed E-state index contributed by atoms with van der Waals surface area (Å²) >= 11 is 0. The number of ether oxygens (including phenoxy) is 1. The van der Waals surface area contributed by atoms with Gasteiger partial charge in [0.2, 0.25) is 15.9 Å². The molecule has 0 saturated heterocycles. The van der Waals surface area contributed by atoms with E-state index in [1.54, 1.807) is 36.4 Å². The normalized spacial score (nSPS) is 11.3. The zero-order valence-corrected chi connectivity index (χ0v) is 18.3. The van der Waals surface area contributed by atoms with Gasteiger partial charge in [0, 0.05) is 18.7 Å². The summed E-state index contributed by atoms with van der Waals surface area (Å²) in [7, 11) is -3.42. The predicted octanol–water partition coefficient (Wildman–Crippen LogP) is 4.22. The molecular formula is C22H30N2O4S. The number of nitrogens with zero attached hydrogens (tertiary/aromatic N) is 1. The van der Waals surface area contributed by atoms with Crippen LogP contribution in [0.25, 0.3) is 0 Å². The molecule has 29 heavy (non-hydrogen) atoms. The van der Waals surface area contributed by atoms with E-state index in [0.29, 0.717) is 17.8 Å². The highest BCUT2D eigenvalue weighted by molar-refractivity contribution is 7.92. The highest BCUT2D eigenvalue weighted by Crippen LogP contribution is 2.20. The highest BCUT2D eigenvalue weighted by Gasteiger charge is 2.17. The highest BCUT2D eigenvalue weighted by atomic mass is 32.2. The van der Waals surface area contributed by atoms with E-state index in [1.165, 1.54) is 10.6 Å². The molecule has 1 N–H and O–H groups in total. The molecule has 0 unspecified atom stereocenters. The monoisotopic (exact) mass is 418 g/mol. The summed E-state index contributed by atoms with van der Waals surface area (Å²) in [6.45, 7) is 6.20. The average molecular weight is 419 g/mol. The van der Waals surface area contributed by atoms with Gasteiger partial charge in [0.05, 0.1) is 18.0 Å². The molecule has 2 aromatic carbocycles. The number of carbonyl (C=O) groups is 1. The number of carbonyl (C=O) groups excluding carboxylic acids is 1. The van der Waals surface area contributed by atoms with Gasteiger partial charge in [-0.05, 0) is 68.7 Å². The molecule has 0 radical (unpaired) electrons. The van der Waals surface area contributed by atoms with Crippen molar-refractivity contribution in [2.45, 2.75) is 46.1 Å². The number of sulfonamides is 1. The first kappa shape index (κ1) is 22.7. The first-order valence-corrected chi connectivity index (χ1v) is 11.7. The van der Waals surface area contributed by atoms with Crippen LogP contribution in [0, 0.1) is 0 Å². The van der Waals surface area contributed by atoms with Crippen molar-refractivity contribution in [2.75, 3.05) is 22.4 Å². The topological polar surface area (TPSA) is 75.7 Å². The van der Waals surface area contributed by atoms with E-state index in [1.807, 2.05) is 32.9 Å². The zero-order chi connectivity index (χ0) is 21.4. The van der Waals surface area contributed by atoms with Crippen LogP contribution >= 0.6 is 0 Å². The van der Waals surface area contributed by atoms with Crippen molar-refractivity contribution in [3.63, 3.8) is 0 Å². The van der Waals surface area contributed by atoms with Crippen LogP contribution in [0.3, 0.4) is 0 Å². The van der Waals surface area contributed by atoms with Crippen LogP contribution in [-0.2, 0) is 21.2 Å². The lowest BCUT2D eigenvalue weighted by Crippen LogP contribution is -2.31. The first-order chi connectivity index (χ1) is 13.7. The van der Waals surface area contributed by atoms with Crippen LogP contribution in [0.1, 0.15) is 39.2 Å². The molecule has 0 spiro atoms. The molecule has 7 heteroatoms. The Hall–Kier alpha value is -2.54. The minimum atomic E-state index is -3.42. The lowest BCUT2D eigenvalue weighted by atomic mass is 10.1. The Morgan fingerprint density at radius 1 is 1.07 bits per heavy atom. The van der Waals surface area contributed by atoms with Gasteiger partial charge in [-0.3, -0.25) is 9.10 Å². The summed E-state index contributed by atoms with van der Waals surface area (Å²) in [5.74, 6) is 0.591. The van der Waals surface area contributed by atoms with Gasteiger partial charge in [-0.25, -0.2) is 8.42 Å². The van der Waals surface area contributed by atoms with Gasteiger partial charge in [0.15, 0.2) is 0 Å². The van der Waals surface area contributed by atoms with Crippen molar-refractivity contribution in [1.29, 1.82) is 0 Å². The van der Waals surface area contributed by atoms with Gasteiger partial charge in [-0.1, -0.05) is 19.1 Å². The number of nitrogens with one attached hydrogen (secondary N) is 1. The summed E-state index contributed by atoms with van der Waals surface area (Å²) in [4.78, 5) is 12.2. The molecular weight excluding hydrogens is 388 g/mol. The fraction of sp³-hybridized carbons (Fsp3) is 0.409. The number of hydrogen-bond donors (Lipinski definition) is 1. The largest absolute Gasteiger partial charge is 0.491 e. The number of anilines is 2. The van der Waals surface area contributed by atoms with Crippen LogP contribution in [-0.4, -0.2) is 33.2 Å². The molecule has 0 aliphatic heterocycles. The van der Waals surface area contributed by atoms with Gasteiger partial charge in [-0.2, -0.15) is 0 Å². The quantitative estimate of drug-likeness (QED) is 0.627. The van der Waals surface area contributed by atoms with Crippen LogP contribution in [0.4, 0.5) is 11.4 Å². The summed E-state index contributed by atoms with van der Waals surface area (Å²) in [6, 6.07) is 14.6. The Kier molecular flexibility index (Phi) is 8.08. The Morgan fingerprint density at radius 2 is 1.69 bits per heavy atom. The van der Waals surface area contributed by atoms with E-state index in [2.05, 4.69) is 5.32 Å². The molecule has 2 aromatic rings. The van der Waals surface area contributed by atoms with Crippen molar-refractivity contribution in [3.05, 3.63) is 54.1 Å². The number of benzene rings is 2. The summed E-state index contributed by atoms with van der Waals surface area (Å²) in [6.07, 6.45) is 2.81. The number of amides is 1. The second-order valence-electron chi connectivity index (χ2n) is 7.20. The molecule has 1 amide bonds. The van der Waals surface area contributed by atoms with Crippen LogP contribution in [0.5, 0.6) is 5.75 Å². The van der Waals surface area contributed by atoms with Crippen LogP contribution in [0.15, 0.2) is 48.5 Å². The Morgan fingerprint density at radius 3 is 2.21 bits per heavy atom. The second-order valence-corrected chi connectivity index (χ2v) is 9.10. The maximum absolute atomic E-state index is 12.2. The minimum absolute atomic E-state index is 0.0893. The van der Waals surface area contributed by atoms with E-state index in [-0.39, 0.29) is 25.0 Å². The van der Waals surface area contributed by atoms with E-state index >= 15 is 0 Å². The third-order valence-corrected chi connectivity index (χ3v) is 5.50. The summed E-state index contributed by atoms with van der Waals surface area (Å²) < 4.78 is 31.3. The van der Waals surface area contributed by atoms with Crippen LogP contribution in [0.2, 0.25) is 0 Å². The Bertz CT molecular complexity index is 891. The minimum Gasteiger partial charge on any atom is -0.491 e. The molecule has 0 aliphatic carbocycles. The van der Waals surface area contributed by atoms with E-state index in [0.717, 1.165) is 17.7 Å². The molecule has 2 rings (SSSR count). The fourth-order valence-electron chi connectivity index (χ4n) is 2.88. The Balaban J connectivity index is 1.90. The van der Waals surface area contributed by atoms with Crippen molar-refractivity contribution in [3.8, 4) is 5.75 Å². The van der Waals surface area contributed by atoms with Gasteiger partial charge in [0.25, 0.3) is 0 Å².